The number of hydrogen-bond acceptors (Lipinski definition) is 5. The van der Waals surface area contributed by atoms with Gasteiger partial charge in [-0.3, -0.25) is 14.3 Å². The molecule has 1 aromatic heterocycles. The number of benzene rings is 2. The molecule has 184 valence electrons. The highest BCUT2D eigenvalue weighted by molar-refractivity contribution is 7.92. The smallest absolute Gasteiger partial charge is 0.261 e. The van der Waals surface area contributed by atoms with Crippen LogP contribution in [0.4, 0.5) is 11.4 Å². The Kier molecular flexibility index (Phi) is 8.43. The predicted molar refractivity (Wildman–Crippen MR) is 139 cm³/mol. The van der Waals surface area contributed by atoms with Crippen molar-refractivity contribution < 1.29 is 18.0 Å². The lowest BCUT2D eigenvalue weighted by Crippen LogP contribution is -2.18. The summed E-state index contributed by atoms with van der Waals surface area (Å²) in [6.45, 7) is 5.50. The number of anilines is 2. The zero-order valence-electron chi connectivity index (χ0n) is 19.0. The summed E-state index contributed by atoms with van der Waals surface area (Å²) in [6, 6.07) is 9.95. The van der Waals surface area contributed by atoms with Crippen LogP contribution in [-0.4, -0.2) is 25.1 Å². The van der Waals surface area contributed by atoms with Crippen LogP contribution in [0.5, 0.6) is 0 Å². The second-order valence-corrected chi connectivity index (χ2v) is 11.2. The van der Waals surface area contributed by atoms with E-state index in [9.17, 15) is 18.0 Å². The predicted octanol–water partition coefficient (Wildman–Crippen LogP) is 6.37. The van der Waals surface area contributed by atoms with Crippen LogP contribution >= 0.6 is 34.8 Å². The topological polar surface area (TPSA) is 105 Å². The monoisotopic (exact) mass is 553 g/mol. The van der Waals surface area contributed by atoms with E-state index in [4.69, 9.17) is 34.8 Å². The van der Waals surface area contributed by atoms with Gasteiger partial charge in [0.25, 0.3) is 10.0 Å². The van der Waals surface area contributed by atoms with Crippen molar-refractivity contribution in [3.63, 3.8) is 0 Å². The van der Waals surface area contributed by atoms with Crippen LogP contribution in [0.1, 0.15) is 41.9 Å². The first-order valence-corrected chi connectivity index (χ1v) is 13.1. The molecule has 2 N–H and O–H groups in total. The van der Waals surface area contributed by atoms with Crippen LogP contribution in [0.2, 0.25) is 15.1 Å². The van der Waals surface area contributed by atoms with Crippen LogP contribution < -0.4 is 10.0 Å². The molecule has 0 radical (unpaired) electrons. The number of carbonyl (C=O) groups is 2. The molecule has 0 spiro atoms. The van der Waals surface area contributed by atoms with Gasteiger partial charge in [-0.25, -0.2) is 13.4 Å². The fourth-order valence-electron chi connectivity index (χ4n) is 3.17. The largest absolute Gasteiger partial charge is 0.326 e. The lowest BCUT2D eigenvalue weighted by atomic mass is 10.1. The number of aryl methyl sites for hydroxylation is 1. The van der Waals surface area contributed by atoms with Gasteiger partial charge < -0.3 is 5.32 Å². The number of ketones is 1. The summed E-state index contributed by atoms with van der Waals surface area (Å²) in [6.07, 6.45) is 1.53. The van der Waals surface area contributed by atoms with Crippen molar-refractivity contribution in [2.24, 2.45) is 5.92 Å². The summed E-state index contributed by atoms with van der Waals surface area (Å²) >= 11 is 18.3. The summed E-state index contributed by atoms with van der Waals surface area (Å²) in [5, 5.41) is 3.37. The van der Waals surface area contributed by atoms with Gasteiger partial charge in [-0.1, -0.05) is 48.7 Å². The number of nitrogens with zero attached hydrogens (tertiary/aromatic N) is 1. The number of amides is 1. The minimum Gasteiger partial charge on any atom is -0.326 e. The first-order valence-electron chi connectivity index (χ1n) is 10.5. The van der Waals surface area contributed by atoms with E-state index in [1.54, 1.807) is 13.0 Å². The van der Waals surface area contributed by atoms with E-state index in [2.05, 4.69) is 15.0 Å². The summed E-state index contributed by atoms with van der Waals surface area (Å²) in [5.41, 5.74) is 0.637. The number of pyridine rings is 1. The molecular weight excluding hydrogens is 533 g/mol. The minimum atomic E-state index is -4.10. The van der Waals surface area contributed by atoms with Gasteiger partial charge in [0, 0.05) is 28.9 Å². The molecule has 3 rings (SSSR count). The first kappa shape index (κ1) is 26.9. The summed E-state index contributed by atoms with van der Waals surface area (Å²) in [4.78, 5) is 29.5. The number of nitrogens with one attached hydrogen (secondary N) is 2. The normalized spacial score (nSPS) is 11.4. The third-order valence-electron chi connectivity index (χ3n) is 4.84. The molecule has 1 amide bonds. The average Bonchev–Trinajstić information content (AvgIpc) is 2.75. The molecule has 2 aromatic carbocycles. The lowest BCUT2D eigenvalue weighted by Gasteiger charge is -2.14. The Morgan fingerprint density at radius 2 is 1.69 bits per heavy atom. The van der Waals surface area contributed by atoms with Crippen LogP contribution in [0, 0.1) is 12.8 Å². The van der Waals surface area contributed by atoms with Gasteiger partial charge in [0.2, 0.25) is 11.7 Å². The molecule has 0 aliphatic carbocycles. The summed E-state index contributed by atoms with van der Waals surface area (Å²) in [7, 11) is -4.10. The fourth-order valence-corrected chi connectivity index (χ4v) is 4.79. The Morgan fingerprint density at radius 3 is 2.34 bits per heavy atom. The van der Waals surface area contributed by atoms with Gasteiger partial charge in [0.05, 0.1) is 20.6 Å². The minimum absolute atomic E-state index is 0.0339. The lowest BCUT2D eigenvalue weighted by molar-refractivity contribution is -0.116. The van der Waals surface area contributed by atoms with Crippen molar-refractivity contribution in [3.8, 4) is 0 Å². The summed E-state index contributed by atoms with van der Waals surface area (Å²) in [5.74, 6) is -0.713. The number of sulfonamides is 1. The van der Waals surface area contributed by atoms with Crippen molar-refractivity contribution in [3.05, 3.63) is 80.6 Å². The molecule has 0 fully saturated rings. The van der Waals surface area contributed by atoms with E-state index in [1.165, 1.54) is 42.6 Å². The highest BCUT2D eigenvalue weighted by Gasteiger charge is 2.24. The quantitative estimate of drug-likeness (QED) is 0.315. The Hall–Kier alpha value is -2.65. The molecule has 0 bridgehead atoms. The average molecular weight is 555 g/mol. The van der Waals surface area contributed by atoms with Crippen molar-refractivity contribution in [1.29, 1.82) is 0 Å². The molecule has 0 unspecified atom stereocenters. The van der Waals surface area contributed by atoms with Gasteiger partial charge >= 0.3 is 0 Å². The molecule has 0 aliphatic rings. The second-order valence-electron chi connectivity index (χ2n) is 8.24. The maximum absolute atomic E-state index is 13.4. The molecule has 35 heavy (non-hydrogen) atoms. The highest BCUT2D eigenvalue weighted by Crippen LogP contribution is 2.29. The third-order valence-corrected chi connectivity index (χ3v) is 7.17. The Labute approximate surface area is 218 Å². The number of halogens is 3. The number of aromatic nitrogens is 1. The van der Waals surface area contributed by atoms with Crippen LogP contribution in [0.3, 0.4) is 0 Å². The van der Waals surface area contributed by atoms with E-state index in [1.807, 2.05) is 13.8 Å². The van der Waals surface area contributed by atoms with Gasteiger partial charge in [-0.15, -0.1) is 0 Å². The molecule has 1 heterocycles. The molecular formula is C24H22Cl3N3O4S. The zero-order valence-corrected chi connectivity index (χ0v) is 22.1. The second kappa shape index (κ2) is 11.0. The van der Waals surface area contributed by atoms with E-state index in [-0.39, 0.29) is 43.7 Å². The van der Waals surface area contributed by atoms with Gasteiger partial charge in [0.15, 0.2) is 0 Å². The van der Waals surface area contributed by atoms with Crippen molar-refractivity contribution in [1.82, 2.24) is 4.98 Å². The van der Waals surface area contributed by atoms with E-state index < -0.39 is 15.8 Å². The Morgan fingerprint density at radius 1 is 1.00 bits per heavy atom. The van der Waals surface area contributed by atoms with Crippen LogP contribution in [0.15, 0.2) is 53.6 Å². The number of carbonyl (C=O) groups excluding carboxylic acids is 2. The van der Waals surface area contributed by atoms with Crippen molar-refractivity contribution >= 4 is 67.9 Å². The molecule has 3 aromatic rings. The van der Waals surface area contributed by atoms with E-state index >= 15 is 0 Å². The maximum Gasteiger partial charge on any atom is 0.261 e. The van der Waals surface area contributed by atoms with Crippen LogP contribution in [0.25, 0.3) is 0 Å². The number of hydrogen-bond donors (Lipinski definition) is 2. The van der Waals surface area contributed by atoms with Gasteiger partial charge in [0.1, 0.15) is 5.69 Å². The highest BCUT2D eigenvalue weighted by atomic mass is 35.5. The molecule has 0 saturated carbocycles. The maximum atomic E-state index is 13.4. The van der Waals surface area contributed by atoms with E-state index in [0.29, 0.717) is 22.7 Å². The zero-order chi connectivity index (χ0) is 25.9. The third kappa shape index (κ3) is 6.73. The number of rotatable bonds is 8. The molecule has 0 aliphatic heterocycles. The van der Waals surface area contributed by atoms with Gasteiger partial charge in [-0.05, 0) is 60.9 Å². The van der Waals surface area contributed by atoms with Gasteiger partial charge in [-0.2, -0.15) is 0 Å². The molecule has 0 saturated heterocycles. The fraction of sp³-hybridized carbons (Fsp3) is 0.208. The van der Waals surface area contributed by atoms with Crippen molar-refractivity contribution in [2.45, 2.75) is 32.1 Å². The van der Waals surface area contributed by atoms with Crippen molar-refractivity contribution in [2.75, 3.05) is 10.0 Å². The first-order chi connectivity index (χ1) is 16.4. The Bertz CT molecular complexity index is 1410. The summed E-state index contributed by atoms with van der Waals surface area (Å²) < 4.78 is 28.4. The molecule has 0 atom stereocenters. The van der Waals surface area contributed by atoms with E-state index in [0.717, 1.165) is 0 Å². The standard InChI is InChI=1S/C24H22Cl3N3O4S/c1-13(2)8-22(31)29-16-4-6-20(27)18(11-16)24(32)23-21(10-15(25)12-28-23)30-35(33,34)17-5-7-19(26)14(3)9-17/h4-7,9-13,30H,8H2,1-3H3,(H,29,31). The molecule has 7 nitrogen and oxygen atoms in total. The molecule has 11 heteroatoms. The van der Waals surface area contributed by atoms with Crippen LogP contribution in [-0.2, 0) is 14.8 Å². The Balaban J connectivity index is 1.98. The SMILES string of the molecule is Cc1cc(S(=O)(=O)Nc2cc(Cl)cnc2C(=O)c2cc(NC(=O)CC(C)C)ccc2Cl)ccc1Cl.